The van der Waals surface area contributed by atoms with Crippen LogP contribution in [0.2, 0.25) is 0 Å². The van der Waals surface area contributed by atoms with Crippen LogP contribution in [0, 0.1) is 0 Å². The third-order valence-corrected chi connectivity index (χ3v) is 2.69. The number of hydrogen-bond donors (Lipinski definition) is 1. The molecule has 2 rings (SSSR count). The summed E-state index contributed by atoms with van der Waals surface area (Å²) < 4.78 is 5.29. The molecule has 4 heteroatoms. The summed E-state index contributed by atoms with van der Waals surface area (Å²) in [7, 11) is 0. The molecule has 0 saturated heterocycles. The zero-order chi connectivity index (χ0) is 14.4. The Labute approximate surface area is 117 Å². The number of hydrogen-bond acceptors (Lipinski definition) is 3. The van der Waals surface area contributed by atoms with Gasteiger partial charge in [-0.2, -0.15) is 0 Å². The van der Waals surface area contributed by atoms with Gasteiger partial charge in [-0.3, -0.25) is 14.9 Å². The van der Waals surface area contributed by atoms with Crippen LogP contribution >= 0.6 is 0 Å². The fourth-order valence-electron chi connectivity index (χ4n) is 1.71. The molecule has 0 bridgehead atoms. The number of nitrogens with one attached hydrogen (secondary N) is 1. The second-order valence-electron chi connectivity index (χ2n) is 4.11. The molecule has 0 atom stereocenters. The van der Waals surface area contributed by atoms with Gasteiger partial charge in [0.1, 0.15) is 5.75 Å². The molecular formula is C16H15NO3. The third-order valence-electron chi connectivity index (χ3n) is 2.69. The standard InChI is InChI=1S/C16H15NO3/c1-2-20-14-10-8-13(9-11-14)16(19)17-15(18)12-6-4-3-5-7-12/h3-11H,2H2,1H3,(H,17,18,19). The average molecular weight is 269 g/mol. The van der Waals surface area contributed by atoms with Crippen molar-refractivity contribution >= 4 is 11.8 Å². The summed E-state index contributed by atoms with van der Waals surface area (Å²) in [6.07, 6.45) is 0. The Morgan fingerprint density at radius 2 is 1.45 bits per heavy atom. The molecule has 0 aliphatic carbocycles. The summed E-state index contributed by atoms with van der Waals surface area (Å²) in [6.45, 7) is 2.46. The molecule has 2 amide bonds. The summed E-state index contributed by atoms with van der Waals surface area (Å²) in [5, 5.41) is 2.35. The Kier molecular flexibility index (Phi) is 4.50. The van der Waals surface area contributed by atoms with Crippen LogP contribution in [-0.2, 0) is 0 Å². The summed E-state index contributed by atoms with van der Waals surface area (Å²) >= 11 is 0. The van der Waals surface area contributed by atoms with E-state index in [9.17, 15) is 9.59 Å². The van der Waals surface area contributed by atoms with Crippen LogP contribution in [-0.4, -0.2) is 18.4 Å². The quantitative estimate of drug-likeness (QED) is 0.868. The molecule has 0 aromatic heterocycles. The van der Waals surface area contributed by atoms with Gasteiger partial charge in [0.25, 0.3) is 11.8 Å². The highest BCUT2D eigenvalue weighted by Crippen LogP contribution is 2.12. The lowest BCUT2D eigenvalue weighted by Crippen LogP contribution is -2.30. The Morgan fingerprint density at radius 1 is 0.900 bits per heavy atom. The zero-order valence-corrected chi connectivity index (χ0v) is 11.1. The minimum atomic E-state index is -0.429. The maximum Gasteiger partial charge on any atom is 0.258 e. The highest BCUT2D eigenvalue weighted by atomic mass is 16.5. The molecular weight excluding hydrogens is 254 g/mol. The number of benzene rings is 2. The highest BCUT2D eigenvalue weighted by molar-refractivity contribution is 6.10. The summed E-state index contributed by atoms with van der Waals surface area (Å²) in [6, 6.07) is 15.3. The van der Waals surface area contributed by atoms with Gasteiger partial charge in [-0.1, -0.05) is 18.2 Å². The van der Waals surface area contributed by atoms with Crippen molar-refractivity contribution in [3.8, 4) is 5.75 Å². The van der Waals surface area contributed by atoms with Crippen molar-refractivity contribution in [1.29, 1.82) is 0 Å². The lowest BCUT2D eigenvalue weighted by molar-refractivity contribution is 0.0849. The van der Waals surface area contributed by atoms with Crippen LogP contribution in [0.4, 0.5) is 0 Å². The molecule has 2 aromatic carbocycles. The normalized spacial score (nSPS) is 9.85. The van der Waals surface area contributed by atoms with Gasteiger partial charge in [0.15, 0.2) is 0 Å². The van der Waals surface area contributed by atoms with Gasteiger partial charge in [0.05, 0.1) is 6.61 Å². The summed E-state index contributed by atoms with van der Waals surface area (Å²) in [4.78, 5) is 23.8. The molecule has 0 radical (unpaired) electrons. The highest BCUT2D eigenvalue weighted by Gasteiger charge is 2.11. The Bertz CT molecular complexity index is 591. The third kappa shape index (κ3) is 3.45. The molecule has 1 N–H and O–H groups in total. The summed E-state index contributed by atoms with van der Waals surface area (Å²) in [5.74, 6) is -0.148. The lowest BCUT2D eigenvalue weighted by atomic mass is 10.2. The smallest absolute Gasteiger partial charge is 0.258 e. The van der Waals surface area contributed by atoms with Gasteiger partial charge < -0.3 is 4.74 Å². The number of carbonyl (C=O) groups is 2. The molecule has 2 aromatic rings. The number of amides is 2. The fourth-order valence-corrected chi connectivity index (χ4v) is 1.71. The molecule has 4 nitrogen and oxygen atoms in total. The first-order valence-electron chi connectivity index (χ1n) is 6.34. The maximum atomic E-state index is 11.9. The van der Waals surface area contributed by atoms with E-state index in [1.165, 1.54) is 0 Å². The van der Waals surface area contributed by atoms with Crippen molar-refractivity contribution in [1.82, 2.24) is 5.32 Å². The van der Waals surface area contributed by atoms with E-state index in [1.54, 1.807) is 48.5 Å². The molecule has 20 heavy (non-hydrogen) atoms. The molecule has 0 aliphatic heterocycles. The van der Waals surface area contributed by atoms with Gasteiger partial charge in [0, 0.05) is 11.1 Å². The maximum absolute atomic E-state index is 11.9. The van der Waals surface area contributed by atoms with Crippen LogP contribution < -0.4 is 10.1 Å². The van der Waals surface area contributed by atoms with Crippen LogP contribution in [0.1, 0.15) is 27.6 Å². The van der Waals surface area contributed by atoms with E-state index in [4.69, 9.17) is 4.74 Å². The van der Waals surface area contributed by atoms with E-state index in [2.05, 4.69) is 5.32 Å². The first kappa shape index (κ1) is 13.8. The number of rotatable bonds is 4. The lowest BCUT2D eigenvalue weighted by Gasteiger charge is -2.06. The van der Waals surface area contributed by atoms with Crippen molar-refractivity contribution in [2.24, 2.45) is 0 Å². The molecule has 0 saturated carbocycles. The van der Waals surface area contributed by atoms with Gasteiger partial charge in [-0.05, 0) is 43.3 Å². The molecule has 0 heterocycles. The molecule has 0 unspecified atom stereocenters. The zero-order valence-electron chi connectivity index (χ0n) is 11.1. The van der Waals surface area contributed by atoms with E-state index < -0.39 is 11.8 Å². The van der Waals surface area contributed by atoms with Crippen LogP contribution in [0.25, 0.3) is 0 Å². The second-order valence-corrected chi connectivity index (χ2v) is 4.11. The predicted octanol–water partition coefficient (Wildman–Crippen LogP) is 2.66. The minimum Gasteiger partial charge on any atom is -0.494 e. The monoisotopic (exact) mass is 269 g/mol. The van der Waals surface area contributed by atoms with Gasteiger partial charge in [-0.25, -0.2) is 0 Å². The second kappa shape index (κ2) is 6.52. The van der Waals surface area contributed by atoms with Crippen LogP contribution in [0.15, 0.2) is 54.6 Å². The topological polar surface area (TPSA) is 55.4 Å². The first-order valence-corrected chi connectivity index (χ1v) is 6.34. The van der Waals surface area contributed by atoms with Crippen LogP contribution in [0.5, 0.6) is 5.75 Å². The van der Waals surface area contributed by atoms with E-state index in [0.29, 0.717) is 23.5 Å². The molecule has 0 aliphatic rings. The minimum absolute atomic E-state index is 0.413. The van der Waals surface area contributed by atoms with Crippen molar-refractivity contribution in [2.75, 3.05) is 6.61 Å². The summed E-state index contributed by atoms with van der Waals surface area (Å²) in [5.41, 5.74) is 0.865. The van der Waals surface area contributed by atoms with Gasteiger partial charge in [-0.15, -0.1) is 0 Å². The van der Waals surface area contributed by atoms with E-state index in [0.717, 1.165) is 0 Å². The van der Waals surface area contributed by atoms with Crippen LogP contribution in [0.3, 0.4) is 0 Å². The number of ether oxygens (including phenoxy) is 1. The first-order chi connectivity index (χ1) is 9.70. The van der Waals surface area contributed by atoms with E-state index in [-0.39, 0.29) is 0 Å². The van der Waals surface area contributed by atoms with Crippen molar-refractivity contribution < 1.29 is 14.3 Å². The van der Waals surface area contributed by atoms with Gasteiger partial charge >= 0.3 is 0 Å². The number of imide groups is 1. The van der Waals surface area contributed by atoms with E-state index >= 15 is 0 Å². The van der Waals surface area contributed by atoms with Gasteiger partial charge in [0.2, 0.25) is 0 Å². The van der Waals surface area contributed by atoms with Crippen molar-refractivity contribution in [2.45, 2.75) is 6.92 Å². The van der Waals surface area contributed by atoms with E-state index in [1.807, 2.05) is 13.0 Å². The Hall–Kier alpha value is -2.62. The predicted molar refractivity (Wildman–Crippen MR) is 75.8 cm³/mol. The van der Waals surface area contributed by atoms with Crippen molar-refractivity contribution in [3.05, 3.63) is 65.7 Å². The molecule has 102 valence electrons. The number of carbonyl (C=O) groups excluding carboxylic acids is 2. The largest absolute Gasteiger partial charge is 0.494 e. The SMILES string of the molecule is CCOc1ccc(C(=O)NC(=O)c2ccccc2)cc1. The Balaban J connectivity index is 2.03. The van der Waals surface area contributed by atoms with Crippen molar-refractivity contribution in [3.63, 3.8) is 0 Å². The Morgan fingerprint density at radius 3 is 2.00 bits per heavy atom. The molecule has 0 spiro atoms. The molecule has 0 fully saturated rings. The fraction of sp³-hybridized carbons (Fsp3) is 0.125. The average Bonchev–Trinajstić information content (AvgIpc) is 2.49.